The van der Waals surface area contributed by atoms with Gasteiger partial charge in [-0.25, -0.2) is 4.79 Å². The highest BCUT2D eigenvalue weighted by molar-refractivity contribution is 6.07. The Morgan fingerprint density at radius 2 is 2.13 bits per heavy atom. The number of hydrogen-bond donors (Lipinski definition) is 3. The zero-order valence-electron chi connectivity index (χ0n) is 12.6. The van der Waals surface area contributed by atoms with E-state index in [0.29, 0.717) is 16.8 Å². The van der Waals surface area contributed by atoms with E-state index in [1.54, 1.807) is 44.4 Å². The van der Waals surface area contributed by atoms with E-state index in [9.17, 15) is 14.4 Å². The zero-order chi connectivity index (χ0) is 16.6. The molecule has 8 heteroatoms. The Kier molecular flexibility index (Phi) is 3.36. The van der Waals surface area contributed by atoms with Crippen LogP contribution in [0.2, 0.25) is 0 Å². The summed E-state index contributed by atoms with van der Waals surface area (Å²) in [5.74, 6) is -0.737. The van der Waals surface area contributed by atoms with Gasteiger partial charge in [0.15, 0.2) is 0 Å². The molecule has 1 fully saturated rings. The van der Waals surface area contributed by atoms with Gasteiger partial charge >= 0.3 is 6.03 Å². The van der Waals surface area contributed by atoms with Crippen molar-refractivity contribution in [2.24, 2.45) is 7.05 Å². The minimum absolute atomic E-state index is 0.305. The van der Waals surface area contributed by atoms with Crippen LogP contribution in [-0.2, 0) is 17.4 Å². The average Bonchev–Trinajstić information content (AvgIpc) is 3.04. The number of carbonyl (C=O) groups excluding carboxylic acids is 3. The summed E-state index contributed by atoms with van der Waals surface area (Å²) in [6.07, 6.45) is 3.07. The molecule has 2 heterocycles. The first-order valence-corrected chi connectivity index (χ1v) is 6.92. The lowest BCUT2D eigenvalue weighted by atomic mass is 9.92. The summed E-state index contributed by atoms with van der Waals surface area (Å²) in [6, 6.07) is 6.24. The molecule has 1 aromatic carbocycles. The van der Waals surface area contributed by atoms with Crippen molar-refractivity contribution in [3.05, 3.63) is 47.8 Å². The number of imide groups is 1. The SMILES string of the molecule is Cn1cc(C(=O)Nc2cccc(C3(C)NC(=O)NC3=O)c2)cn1. The average molecular weight is 313 g/mol. The molecule has 1 saturated heterocycles. The number of nitrogens with zero attached hydrogens (tertiary/aromatic N) is 2. The molecule has 4 amide bonds. The van der Waals surface area contributed by atoms with Crippen LogP contribution in [-0.4, -0.2) is 27.6 Å². The summed E-state index contributed by atoms with van der Waals surface area (Å²) in [7, 11) is 1.72. The third-order valence-electron chi connectivity index (χ3n) is 3.71. The third kappa shape index (κ3) is 2.66. The van der Waals surface area contributed by atoms with E-state index in [2.05, 4.69) is 21.0 Å². The largest absolute Gasteiger partial charge is 0.322 e. The molecule has 0 saturated carbocycles. The highest BCUT2D eigenvalue weighted by Gasteiger charge is 2.43. The van der Waals surface area contributed by atoms with Crippen LogP contribution in [0.25, 0.3) is 0 Å². The van der Waals surface area contributed by atoms with Crippen molar-refractivity contribution in [1.82, 2.24) is 20.4 Å². The molecule has 118 valence electrons. The van der Waals surface area contributed by atoms with Crippen LogP contribution in [0.15, 0.2) is 36.7 Å². The number of urea groups is 1. The fraction of sp³-hybridized carbons (Fsp3) is 0.200. The molecule has 8 nitrogen and oxygen atoms in total. The topological polar surface area (TPSA) is 105 Å². The van der Waals surface area contributed by atoms with Crippen LogP contribution in [0.4, 0.5) is 10.5 Å². The fourth-order valence-electron chi connectivity index (χ4n) is 2.40. The molecule has 1 atom stereocenters. The summed E-state index contributed by atoms with van der Waals surface area (Å²) in [5.41, 5.74) is 0.360. The van der Waals surface area contributed by atoms with Crippen molar-refractivity contribution < 1.29 is 14.4 Å². The monoisotopic (exact) mass is 313 g/mol. The van der Waals surface area contributed by atoms with Gasteiger partial charge in [-0.15, -0.1) is 0 Å². The number of amides is 4. The predicted octanol–water partition coefficient (Wildman–Crippen LogP) is 0.727. The normalized spacial score (nSPS) is 20.1. The van der Waals surface area contributed by atoms with E-state index < -0.39 is 17.5 Å². The highest BCUT2D eigenvalue weighted by Crippen LogP contribution is 2.26. The smallest absolute Gasteiger partial charge is 0.322 e. The second kappa shape index (κ2) is 5.24. The molecule has 0 aliphatic carbocycles. The van der Waals surface area contributed by atoms with E-state index in [1.807, 2.05) is 0 Å². The lowest BCUT2D eigenvalue weighted by molar-refractivity contribution is -0.123. The molecule has 0 radical (unpaired) electrons. The number of aryl methyl sites for hydroxylation is 1. The van der Waals surface area contributed by atoms with Gasteiger partial charge in [-0.3, -0.25) is 19.6 Å². The van der Waals surface area contributed by atoms with Crippen molar-refractivity contribution in [3.63, 3.8) is 0 Å². The summed E-state index contributed by atoms with van der Waals surface area (Å²) in [5, 5.41) is 11.5. The van der Waals surface area contributed by atoms with Crippen LogP contribution in [0.3, 0.4) is 0 Å². The van der Waals surface area contributed by atoms with Crippen molar-refractivity contribution in [2.75, 3.05) is 5.32 Å². The van der Waals surface area contributed by atoms with Crippen LogP contribution < -0.4 is 16.0 Å². The number of carbonyl (C=O) groups is 3. The van der Waals surface area contributed by atoms with E-state index in [1.165, 1.54) is 10.9 Å². The maximum absolute atomic E-state index is 12.1. The fourth-order valence-corrected chi connectivity index (χ4v) is 2.40. The Balaban J connectivity index is 1.84. The molecule has 1 aliphatic heterocycles. The van der Waals surface area contributed by atoms with E-state index in [0.717, 1.165) is 0 Å². The molecule has 1 aliphatic rings. The molecule has 3 rings (SSSR count). The van der Waals surface area contributed by atoms with Crippen molar-refractivity contribution in [2.45, 2.75) is 12.5 Å². The minimum atomic E-state index is -1.16. The lowest BCUT2D eigenvalue weighted by Crippen LogP contribution is -2.40. The van der Waals surface area contributed by atoms with E-state index in [4.69, 9.17) is 0 Å². The minimum Gasteiger partial charge on any atom is -0.322 e. The summed E-state index contributed by atoms with van der Waals surface area (Å²) < 4.78 is 1.53. The quantitative estimate of drug-likeness (QED) is 0.726. The first-order chi connectivity index (χ1) is 10.9. The Bertz CT molecular complexity index is 813. The first kappa shape index (κ1) is 14.8. The molecule has 0 spiro atoms. The molecule has 2 aromatic rings. The summed E-state index contributed by atoms with van der Waals surface area (Å²) in [4.78, 5) is 35.5. The predicted molar refractivity (Wildman–Crippen MR) is 81.6 cm³/mol. The van der Waals surface area contributed by atoms with Crippen LogP contribution in [0.1, 0.15) is 22.8 Å². The van der Waals surface area contributed by atoms with Gasteiger partial charge in [0.1, 0.15) is 5.54 Å². The van der Waals surface area contributed by atoms with Crippen molar-refractivity contribution in [3.8, 4) is 0 Å². The van der Waals surface area contributed by atoms with Gasteiger partial charge in [0.05, 0.1) is 11.8 Å². The molecule has 0 bridgehead atoms. The molecule has 1 aromatic heterocycles. The Morgan fingerprint density at radius 3 is 2.74 bits per heavy atom. The maximum Gasteiger partial charge on any atom is 0.322 e. The second-order valence-corrected chi connectivity index (χ2v) is 5.47. The van der Waals surface area contributed by atoms with Crippen molar-refractivity contribution >= 4 is 23.5 Å². The van der Waals surface area contributed by atoms with E-state index in [-0.39, 0.29) is 5.91 Å². The number of hydrogen-bond acceptors (Lipinski definition) is 4. The van der Waals surface area contributed by atoms with Crippen molar-refractivity contribution in [1.29, 1.82) is 0 Å². The summed E-state index contributed by atoms with van der Waals surface area (Å²) in [6.45, 7) is 1.61. The standard InChI is InChI=1S/C15H15N5O3/c1-15(13(22)18-14(23)19-15)10-4-3-5-11(6-10)17-12(21)9-7-16-20(2)8-9/h3-8H,1-2H3,(H,17,21)(H2,18,19,22,23). The first-order valence-electron chi connectivity index (χ1n) is 6.92. The third-order valence-corrected chi connectivity index (χ3v) is 3.71. The zero-order valence-corrected chi connectivity index (χ0v) is 12.6. The number of nitrogens with one attached hydrogen (secondary N) is 3. The van der Waals surface area contributed by atoms with Gasteiger partial charge in [-0.05, 0) is 24.6 Å². The molecule has 3 N–H and O–H groups in total. The lowest BCUT2D eigenvalue weighted by Gasteiger charge is -2.21. The van der Waals surface area contributed by atoms with E-state index >= 15 is 0 Å². The second-order valence-electron chi connectivity index (χ2n) is 5.47. The molecule has 23 heavy (non-hydrogen) atoms. The van der Waals surface area contributed by atoms with Crippen LogP contribution in [0.5, 0.6) is 0 Å². The van der Waals surface area contributed by atoms with Gasteiger partial charge in [-0.2, -0.15) is 5.10 Å². The van der Waals surface area contributed by atoms with Gasteiger partial charge in [0.2, 0.25) is 0 Å². The van der Waals surface area contributed by atoms with Gasteiger partial charge in [0, 0.05) is 18.9 Å². The summed E-state index contributed by atoms with van der Waals surface area (Å²) >= 11 is 0. The number of aromatic nitrogens is 2. The van der Waals surface area contributed by atoms with Gasteiger partial charge < -0.3 is 10.6 Å². The number of rotatable bonds is 3. The Morgan fingerprint density at radius 1 is 1.35 bits per heavy atom. The number of anilines is 1. The van der Waals surface area contributed by atoms with Crippen LogP contribution in [0, 0.1) is 0 Å². The molecular formula is C15H15N5O3. The highest BCUT2D eigenvalue weighted by atomic mass is 16.2. The Hall–Kier alpha value is -3.16. The maximum atomic E-state index is 12.1. The van der Waals surface area contributed by atoms with Gasteiger partial charge in [0.25, 0.3) is 11.8 Å². The molecular weight excluding hydrogens is 298 g/mol. The number of benzene rings is 1. The molecule has 1 unspecified atom stereocenters. The van der Waals surface area contributed by atoms with Gasteiger partial charge in [-0.1, -0.05) is 12.1 Å². The Labute approximate surface area is 131 Å². The van der Waals surface area contributed by atoms with Crippen LogP contribution >= 0.6 is 0 Å².